The molecular weight excluding hydrogens is 352 g/mol. The Labute approximate surface area is 163 Å². The summed E-state index contributed by atoms with van der Waals surface area (Å²) in [7, 11) is 0. The summed E-state index contributed by atoms with van der Waals surface area (Å²) in [6, 6.07) is 11.4. The summed E-state index contributed by atoms with van der Waals surface area (Å²) in [5.41, 5.74) is 5.66. The van der Waals surface area contributed by atoms with Crippen molar-refractivity contribution >= 4 is 23.2 Å². The van der Waals surface area contributed by atoms with Crippen LogP contribution in [0.5, 0.6) is 0 Å². The molecule has 0 atom stereocenters. The summed E-state index contributed by atoms with van der Waals surface area (Å²) in [6.07, 6.45) is 3.10. The van der Waals surface area contributed by atoms with Crippen LogP contribution in [-0.4, -0.2) is 21.7 Å². The normalized spacial score (nSPS) is 11.5. The number of carbonyl (C=O) groups excluding carboxylic acids is 1. The molecule has 2 heterocycles. The highest BCUT2D eigenvalue weighted by Crippen LogP contribution is 2.14. The molecule has 0 aliphatic carbocycles. The Hall–Kier alpha value is -3.28. The third-order valence-corrected chi connectivity index (χ3v) is 4.63. The summed E-state index contributed by atoms with van der Waals surface area (Å²) in [6.45, 7) is 8.67. The molecule has 0 saturated heterocycles. The highest BCUT2D eigenvalue weighted by Gasteiger charge is 2.15. The molecule has 0 radical (unpaired) electrons. The molecular formula is C22H24N4O2. The van der Waals surface area contributed by atoms with Gasteiger partial charge in [0.2, 0.25) is 5.43 Å². The van der Waals surface area contributed by atoms with Gasteiger partial charge in [-0.2, -0.15) is 5.10 Å². The predicted molar refractivity (Wildman–Crippen MR) is 112 cm³/mol. The van der Waals surface area contributed by atoms with E-state index in [0.717, 1.165) is 11.3 Å². The molecule has 6 nitrogen and oxygen atoms in total. The number of pyridine rings is 2. The molecule has 0 fully saturated rings. The number of carbonyl (C=O) groups is 1. The molecule has 1 N–H and O–H groups in total. The maximum Gasteiger partial charge on any atom is 0.276 e. The first-order valence-electron chi connectivity index (χ1n) is 9.35. The second-order valence-electron chi connectivity index (χ2n) is 7.00. The van der Waals surface area contributed by atoms with E-state index < -0.39 is 5.91 Å². The maximum atomic E-state index is 12.7. The number of aromatic nitrogens is 2. The number of nitrogens with one attached hydrogen (secondary N) is 1. The van der Waals surface area contributed by atoms with Crippen molar-refractivity contribution in [2.75, 3.05) is 0 Å². The van der Waals surface area contributed by atoms with Crippen LogP contribution < -0.4 is 10.9 Å². The van der Waals surface area contributed by atoms with Gasteiger partial charge in [-0.15, -0.1) is 0 Å². The molecule has 1 aromatic carbocycles. The molecule has 144 valence electrons. The first-order valence-corrected chi connectivity index (χ1v) is 9.35. The smallest absolute Gasteiger partial charge is 0.276 e. The van der Waals surface area contributed by atoms with Crippen molar-refractivity contribution in [3.8, 4) is 0 Å². The van der Waals surface area contributed by atoms with E-state index in [1.54, 1.807) is 29.1 Å². The Morgan fingerprint density at radius 3 is 2.57 bits per heavy atom. The van der Waals surface area contributed by atoms with E-state index in [1.807, 2.05) is 38.1 Å². The first-order chi connectivity index (χ1) is 13.4. The highest BCUT2D eigenvalue weighted by atomic mass is 16.2. The van der Waals surface area contributed by atoms with Crippen LogP contribution in [-0.2, 0) is 6.54 Å². The number of amides is 1. The fraction of sp³-hybridized carbons (Fsp3) is 0.273. The van der Waals surface area contributed by atoms with Crippen LogP contribution >= 0.6 is 0 Å². The number of aryl methyl sites for hydroxylation is 2. The zero-order chi connectivity index (χ0) is 20.3. The lowest BCUT2D eigenvalue weighted by Gasteiger charge is -2.10. The van der Waals surface area contributed by atoms with Gasteiger partial charge >= 0.3 is 0 Å². The second-order valence-corrected chi connectivity index (χ2v) is 7.00. The van der Waals surface area contributed by atoms with Gasteiger partial charge in [-0.05, 0) is 43.0 Å². The van der Waals surface area contributed by atoms with E-state index in [1.165, 1.54) is 5.56 Å². The Balaban J connectivity index is 1.84. The third-order valence-electron chi connectivity index (χ3n) is 4.63. The number of nitrogens with zero attached hydrogens (tertiary/aromatic N) is 3. The molecule has 0 aliphatic rings. The average Bonchev–Trinajstić information content (AvgIpc) is 2.68. The molecule has 1 amide bonds. The molecule has 6 heteroatoms. The summed E-state index contributed by atoms with van der Waals surface area (Å²) < 4.78 is 1.80. The Kier molecular flexibility index (Phi) is 5.68. The van der Waals surface area contributed by atoms with Crippen molar-refractivity contribution in [2.45, 2.75) is 40.2 Å². The van der Waals surface area contributed by atoms with Gasteiger partial charge in [0.15, 0.2) is 0 Å². The summed E-state index contributed by atoms with van der Waals surface area (Å²) in [5.74, 6) is -0.0812. The zero-order valence-electron chi connectivity index (χ0n) is 16.6. The second kappa shape index (κ2) is 8.17. The minimum atomic E-state index is -0.537. The van der Waals surface area contributed by atoms with Gasteiger partial charge in [0.25, 0.3) is 5.91 Å². The van der Waals surface area contributed by atoms with Crippen molar-refractivity contribution in [3.05, 3.63) is 75.2 Å². The minimum Gasteiger partial charge on any atom is -0.332 e. The molecule has 0 unspecified atom stereocenters. The van der Waals surface area contributed by atoms with Gasteiger partial charge in [0, 0.05) is 18.4 Å². The molecule has 28 heavy (non-hydrogen) atoms. The lowest BCUT2D eigenvalue weighted by atomic mass is 10.0. The van der Waals surface area contributed by atoms with Crippen LogP contribution in [0.15, 0.2) is 52.5 Å². The zero-order valence-corrected chi connectivity index (χ0v) is 16.6. The van der Waals surface area contributed by atoms with Crippen LogP contribution in [0.25, 0.3) is 11.0 Å². The van der Waals surface area contributed by atoms with E-state index in [2.05, 4.69) is 29.4 Å². The van der Waals surface area contributed by atoms with Gasteiger partial charge in [-0.1, -0.05) is 38.1 Å². The van der Waals surface area contributed by atoms with E-state index in [-0.39, 0.29) is 11.0 Å². The third kappa shape index (κ3) is 4.01. The Morgan fingerprint density at radius 2 is 1.93 bits per heavy atom. The molecule has 0 saturated carbocycles. The van der Waals surface area contributed by atoms with Crippen molar-refractivity contribution in [1.29, 1.82) is 0 Å². The van der Waals surface area contributed by atoms with Gasteiger partial charge in [0.05, 0.1) is 11.6 Å². The first kappa shape index (κ1) is 19.5. The molecule has 2 aromatic heterocycles. The quantitative estimate of drug-likeness (QED) is 0.546. The van der Waals surface area contributed by atoms with Crippen molar-refractivity contribution in [1.82, 2.24) is 15.0 Å². The largest absolute Gasteiger partial charge is 0.332 e. The molecule has 0 aliphatic heterocycles. The fourth-order valence-corrected chi connectivity index (χ4v) is 2.96. The average molecular weight is 376 g/mol. The van der Waals surface area contributed by atoms with Crippen LogP contribution in [0.1, 0.15) is 53.9 Å². The van der Waals surface area contributed by atoms with Crippen LogP contribution in [0.2, 0.25) is 0 Å². The number of fused-ring (bicyclic) bond motifs is 1. The predicted octanol–water partition coefficient (Wildman–Crippen LogP) is 3.61. The maximum absolute atomic E-state index is 12.7. The fourth-order valence-electron chi connectivity index (χ4n) is 2.96. The lowest BCUT2D eigenvalue weighted by Crippen LogP contribution is -2.27. The van der Waals surface area contributed by atoms with Crippen molar-refractivity contribution in [2.24, 2.45) is 5.10 Å². The van der Waals surface area contributed by atoms with E-state index in [4.69, 9.17) is 0 Å². The summed E-state index contributed by atoms with van der Waals surface area (Å²) in [5, 5.41) is 4.42. The SMILES string of the molecule is CCn1cc(C(=O)N/N=C/c2ccc(C(C)C)cc2)c(=O)c2ccc(C)nc21. The van der Waals surface area contributed by atoms with E-state index >= 15 is 0 Å². The number of benzene rings is 1. The molecule has 0 spiro atoms. The van der Waals surface area contributed by atoms with E-state index in [9.17, 15) is 9.59 Å². The number of hydrogen-bond acceptors (Lipinski definition) is 4. The van der Waals surface area contributed by atoms with Crippen LogP contribution in [0, 0.1) is 6.92 Å². The Bertz CT molecular complexity index is 1100. The van der Waals surface area contributed by atoms with Crippen molar-refractivity contribution < 1.29 is 4.79 Å². The number of hydrazone groups is 1. The van der Waals surface area contributed by atoms with Gasteiger partial charge in [-0.3, -0.25) is 9.59 Å². The molecule has 3 aromatic rings. The summed E-state index contributed by atoms with van der Waals surface area (Å²) >= 11 is 0. The molecule has 3 rings (SSSR count). The van der Waals surface area contributed by atoms with Gasteiger partial charge < -0.3 is 4.57 Å². The van der Waals surface area contributed by atoms with Crippen LogP contribution in [0.4, 0.5) is 0 Å². The van der Waals surface area contributed by atoms with Crippen LogP contribution in [0.3, 0.4) is 0 Å². The topological polar surface area (TPSA) is 76.3 Å². The summed E-state index contributed by atoms with van der Waals surface area (Å²) in [4.78, 5) is 29.7. The van der Waals surface area contributed by atoms with Crippen molar-refractivity contribution in [3.63, 3.8) is 0 Å². The monoisotopic (exact) mass is 376 g/mol. The lowest BCUT2D eigenvalue weighted by molar-refractivity contribution is 0.0953. The molecule has 0 bridgehead atoms. The standard InChI is InChI=1S/C22H24N4O2/c1-5-26-13-19(20(27)18-11-6-15(4)24-21(18)26)22(28)25-23-12-16-7-9-17(10-8-16)14(2)3/h6-14H,5H2,1-4H3,(H,25,28)/b23-12+. The number of hydrogen-bond donors (Lipinski definition) is 1. The number of rotatable bonds is 5. The Morgan fingerprint density at radius 1 is 1.21 bits per heavy atom. The van der Waals surface area contributed by atoms with Gasteiger partial charge in [-0.25, -0.2) is 10.4 Å². The highest BCUT2D eigenvalue weighted by molar-refractivity contribution is 5.97. The van der Waals surface area contributed by atoms with E-state index in [0.29, 0.717) is 23.5 Å². The van der Waals surface area contributed by atoms with Gasteiger partial charge in [0.1, 0.15) is 11.2 Å². The minimum absolute atomic E-state index is 0.0484.